The van der Waals surface area contributed by atoms with Crippen molar-refractivity contribution in [2.45, 2.75) is 57.9 Å². The van der Waals surface area contributed by atoms with E-state index in [0.29, 0.717) is 39.0 Å². The number of carboxylic acid groups (broad SMARTS) is 3. The third kappa shape index (κ3) is 11.4. The summed E-state index contributed by atoms with van der Waals surface area (Å²) in [7, 11) is 0. The quantitative estimate of drug-likeness (QED) is 0.110. The Labute approximate surface area is 320 Å². The summed E-state index contributed by atoms with van der Waals surface area (Å²) < 4.78 is 6.36. The van der Waals surface area contributed by atoms with Gasteiger partial charge in [-0.25, -0.2) is 0 Å². The van der Waals surface area contributed by atoms with E-state index in [4.69, 9.17) is 4.74 Å². The number of nitrogens with zero attached hydrogens (tertiary/aromatic N) is 1. The number of nitrogens with one attached hydrogen (secondary N) is 3. The van der Waals surface area contributed by atoms with Crippen molar-refractivity contribution in [1.29, 1.82) is 0 Å². The molecule has 8 atom stereocenters. The summed E-state index contributed by atoms with van der Waals surface area (Å²) in [6, 6.07) is 8.32. The Morgan fingerprint density at radius 2 is 1.33 bits per heavy atom. The second-order valence-electron chi connectivity index (χ2n) is 16.2. The molecule has 0 amide bonds. The zero-order valence-corrected chi connectivity index (χ0v) is 31.5. The second-order valence-corrected chi connectivity index (χ2v) is 16.2. The molecule has 294 valence electrons. The maximum absolute atomic E-state index is 12.3. The van der Waals surface area contributed by atoms with E-state index in [2.05, 4.69) is 63.4 Å². The van der Waals surface area contributed by atoms with Gasteiger partial charge in [-0.05, 0) is 144 Å². The summed E-state index contributed by atoms with van der Waals surface area (Å²) in [6.07, 6.45) is 18.7. The summed E-state index contributed by atoms with van der Waals surface area (Å²) in [5.74, 6) is -1.84. The van der Waals surface area contributed by atoms with Crippen LogP contribution in [0.4, 0.5) is 0 Å². The first-order chi connectivity index (χ1) is 26.2. The molecule has 3 heterocycles. The van der Waals surface area contributed by atoms with E-state index in [0.717, 1.165) is 100 Å². The Balaban J connectivity index is 1.12. The van der Waals surface area contributed by atoms with Crippen molar-refractivity contribution in [3.63, 3.8) is 0 Å². The van der Waals surface area contributed by atoms with Crippen molar-refractivity contribution in [3.8, 4) is 0 Å². The van der Waals surface area contributed by atoms with E-state index in [9.17, 15) is 29.7 Å². The first-order valence-electron chi connectivity index (χ1n) is 20.2. The van der Waals surface area contributed by atoms with Crippen molar-refractivity contribution in [1.82, 2.24) is 20.9 Å². The number of carboxylic acids is 3. The molecule has 0 saturated carbocycles. The van der Waals surface area contributed by atoms with Crippen LogP contribution in [0.1, 0.15) is 56.1 Å². The van der Waals surface area contributed by atoms with Gasteiger partial charge in [-0.15, -0.1) is 0 Å². The predicted molar refractivity (Wildman–Crippen MR) is 208 cm³/mol. The standard InChI is InChI=1S/C43H60N4O7/c48-41(49)38(34-10-13-44-24-34)21-29-4-1-7-32(18-29)27-47(28-33-8-2-5-30(19-33)22-39(42(50)51)35-11-14-45-25-35)16-17-54-37-9-3-6-31(20-37)23-40(43(52)53)36-12-15-46-26-36/h1-5,7,9,18-20,31,33-36,38-40,44-46H,6,8,10-17,21-28H2,(H,48,49)(H,50,51)(H,52,53)/t31?,33?,34-,35-,36-,38-,39-,40-/m0/s1. The molecular weight excluding hydrogens is 684 g/mol. The first-order valence-corrected chi connectivity index (χ1v) is 20.2. The van der Waals surface area contributed by atoms with Crippen molar-refractivity contribution in [2.24, 2.45) is 47.3 Å². The highest BCUT2D eigenvalue weighted by atomic mass is 16.5. The van der Waals surface area contributed by atoms with Crippen LogP contribution in [-0.2, 0) is 32.1 Å². The van der Waals surface area contributed by atoms with Gasteiger partial charge < -0.3 is 36.0 Å². The molecule has 3 fully saturated rings. The van der Waals surface area contributed by atoms with Gasteiger partial charge >= 0.3 is 17.9 Å². The normalized spacial score (nSPS) is 27.0. The summed E-state index contributed by atoms with van der Waals surface area (Å²) in [4.78, 5) is 39.1. The van der Waals surface area contributed by atoms with Gasteiger partial charge in [0.15, 0.2) is 0 Å². The Morgan fingerprint density at radius 1 is 0.741 bits per heavy atom. The molecule has 2 unspecified atom stereocenters. The van der Waals surface area contributed by atoms with E-state index in [1.807, 2.05) is 18.2 Å². The molecule has 0 aromatic heterocycles. The Morgan fingerprint density at radius 3 is 1.96 bits per heavy atom. The van der Waals surface area contributed by atoms with Crippen LogP contribution < -0.4 is 16.0 Å². The Kier molecular flexibility index (Phi) is 14.6. The largest absolute Gasteiger partial charge is 0.493 e. The number of rotatable bonds is 20. The summed E-state index contributed by atoms with van der Waals surface area (Å²) in [5, 5.41) is 40.1. The van der Waals surface area contributed by atoms with Crippen molar-refractivity contribution in [3.05, 3.63) is 83.2 Å². The fourth-order valence-corrected chi connectivity index (χ4v) is 9.33. The molecule has 1 aromatic carbocycles. The van der Waals surface area contributed by atoms with E-state index >= 15 is 0 Å². The molecule has 0 bridgehead atoms. The molecular formula is C43H60N4O7. The van der Waals surface area contributed by atoms with Crippen LogP contribution in [0.15, 0.2) is 72.1 Å². The smallest absolute Gasteiger partial charge is 0.307 e. The minimum absolute atomic E-state index is 0.118. The summed E-state index contributed by atoms with van der Waals surface area (Å²) in [5.41, 5.74) is 3.24. The molecule has 6 rings (SSSR count). The van der Waals surface area contributed by atoms with Crippen LogP contribution in [0.5, 0.6) is 0 Å². The first kappa shape index (κ1) is 39.9. The van der Waals surface area contributed by atoms with Crippen LogP contribution in [-0.4, -0.2) is 97.1 Å². The van der Waals surface area contributed by atoms with Crippen molar-refractivity contribution >= 4 is 17.9 Å². The molecule has 11 nitrogen and oxygen atoms in total. The van der Waals surface area contributed by atoms with Crippen molar-refractivity contribution in [2.75, 3.05) is 59.0 Å². The number of allylic oxidation sites excluding steroid dienone is 6. The minimum Gasteiger partial charge on any atom is -0.493 e. The van der Waals surface area contributed by atoms with E-state index in [1.165, 1.54) is 0 Å². The third-order valence-electron chi connectivity index (χ3n) is 12.3. The zero-order chi connectivity index (χ0) is 37.9. The molecule has 2 aliphatic carbocycles. The number of benzene rings is 1. The lowest BCUT2D eigenvalue weighted by atomic mass is 9.81. The predicted octanol–water partition coefficient (Wildman–Crippen LogP) is 4.72. The van der Waals surface area contributed by atoms with Gasteiger partial charge in [0.25, 0.3) is 0 Å². The molecule has 5 aliphatic rings. The van der Waals surface area contributed by atoms with E-state index in [1.54, 1.807) is 0 Å². The topological polar surface area (TPSA) is 160 Å². The molecule has 11 heteroatoms. The number of aliphatic carboxylic acids is 3. The Bertz CT molecular complexity index is 1550. The molecule has 3 saturated heterocycles. The van der Waals surface area contributed by atoms with Gasteiger partial charge in [0, 0.05) is 19.6 Å². The van der Waals surface area contributed by atoms with Gasteiger partial charge in [-0.2, -0.15) is 0 Å². The second kappa shape index (κ2) is 19.7. The van der Waals surface area contributed by atoms with Crippen LogP contribution in [0.3, 0.4) is 0 Å². The molecule has 6 N–H and O–H groups in total. The molecule has 3 aliphatic heterocycles. The maximum Gasteiger partial charge on any atom is 0.307 e. The minimum atomic E-state index is -0.738. The average Bonchev–Trinajstić information content (AvgIpc) is 3.97. The van der Waals surface area contributed by atoms with E-state index < -0.39 is 29.7 Å². The third-order valence-corrected chi connectivity index (χ3v) is 12.3. The average molecular weight is 745 g/mol. The lowest BCUT2D eigenvalue weighted by molar-refractivity contribution is -0.144. The highest BCUT2D eigenvalue weighted by molar-refractivity contribution is 5.72. The Hall–Kier alpha value is -3.77. The molecule has 0 spiro atoms. The lowest BCUT2D eigenvalue weighted by Gasteiger charge is -2.29. The van der Waals surface area contributed by atoms with Gasteiger partial charge in [0.1, 0.15) is 12.4 Å². The molecule has 0 radical (unpaired) electrons. The molecule has 54 heavy (non-hydrogen) atoms. The van der Waals surface area contributed by atoms with Crippen LogP contribution in [0.2, 0.25) is 0 Å². The summed E-state index contributed by atoms with van der Waals surface area (Å²) in [6.45, 7) is 7.41. The fourth-order valence-electron chi connectivity index (χ4n) is 9.33. The van der Waals surface area contributed by atoms with Gasteiger partial charge in [-0.1, -0.05) is 54.1 Å². The highest BCUT2D eigenvalue weighted by Crippen LogP contribution is 2.32. The highest BCUT2D eigenvalue weighted by Gasteiger charge is 2.34. The number of hydrogen-bond acceptors (Lipinski definition) is 8. The SMILES string of the molecule is O=C(O)[C@@H](CC1=CC(CN(CCOC2=CC(C[C@H](C(=O)O)[C@H]3CCNC3)CC=C2)Cc2cccc(C[C@H](C(=O)O)[C@H]3CCNC3)c2)CC=C1)[C@H]1CCNC1. The lowest BCUT2D eigenvalue weighted by Crippen LogP contribution is -2.32. The van der Waals surface area contributed by atoms with Crippen LogP contribution >= 0.6 is 0 Å². The van der Waals surface area contributed by atoms with Gasteiger partial charge in [-0.3, -0.25) is 19.3 Å². The monoisotopic (exact) mass is 744 g/mol. The number of carbonyl (C=O) groups is 3. The maximum atomic E-state index is 12.3. The van der Waals surface area contributed by atoms with Crippen LogP contribution in [0.25, 0.3) is 0 Å². The van der Waals surface area contributed by atoms with Crippen molar-refractivity contribution < 1.29 is 34.4 Å². The van der Waals surface area contributed by atoms with Gasteiger partial charge in [0.2, 0.25) is 0 Å². The summed E-state index contributed by atoms with van der Waals surface area (Å²) >= 11 is 0. The van der Waals surface area contributed by atoms with E-state index in [-0.39, 0.29) is 35.5 Å². The van der Waals surface area contributed by atoms with Crippen LogP contribution in [0, 0.1) is 47.3 Å². The number of ether oxygens (including phenoxy) is 1. The molecule has 1 aromatic rings. The zero-order valence-electron chi connectivity index (χ0n) is 31.5. The van der Waals surface area contributed by atoms with Gasteiger partial charge in [0.05, 0.1) is 17.8 Å². The fraction of sp³-hybridized carbons (Fsp3) is 0.605. The number of hydrogen-bond donors (Lipinski definition) is 6.